The molecule has 0 saturated heterocycles. The van der Waals surface area contributed by atoms with Gasteiger partial charge in [0, 0.05) is 15.9 Å². The zero-order valence-corrected chi connectivity index (χ0v) is 11.2. The molecular formula is C14H13NO3S. The summed E-state index contributed by atoms with van der Waals surface area (Å²) in [5.74, 6) is -0.310. The van der Waals surface area contributed by atoms with Crippen molar-refractivity contribution in [2.45, 2.75) is 23.1 Å². The Morgan fingerprint density at radius 1 is 1.16 bits per heavy atom. The van der Waals surface area contributed by atoms with Gasteiger partial charge in [0.2, 0.25) is 0 Å². The van der Waals surface area contributed by atoms with E-state index in [2.05, 4.69) is 6.92 Å². The van der Waals surface area contributed by atoms with Crippen molar-refractivity contribution in [3.8, 4) is 5.75 Å². The van der Waals surface area contributed by atoms with Crippen LogP contribution in [0.2, 0.25) is 0 Å². The Labute approximate surface area is 115 Å². The van der Waals surface area contributed by atoms with Gasteiger partial charge in [0.25, 0.3) is 0 Å². The van der Waals surface area contributed by atoms with E-state index in [9.17, 15) is 15.2 Å². The van der Waals surface area contributed by atoms with Crippen LogP contribution in [0.3, 0.4) is 0 Å². The first kappa shape index (κ1) is 13.4. The predicted molar refractivity (Wildman–Crippen MR) is 74.7 cm³/mol. The Bertz CT molecular complexity index is 596. The molecular weight excluding hydrogens is 262 g/mol. The molecule has 2 aromatic carbocycles. The zero-order chi connectivity index (χ0) is 13.8. The van der Waals surface area contributed by atoms with Crippen molar-refractivity contribution in [2.75, 3.05) is 0 Å². The molecule has 0 unspecified atom stereocenters. The molecule has 98 valence electrons. The van der Waals surface area contributed by atoms with Crippen molar-refractivity contribution in [2.24, 2.45) is 0 Å². The minimum atomic E-state index is -0.584. The van der Waals surface area contributed by atoms with E-state index in [1.54, 1.807) is 6.07 Å². The molecule has 5 heteroatoms. The van der Waals surface area contributed by atoms with E-state index in [0.717, 1.165) is 16.2 Å². The molecule has 2 aromatic rings. The van der Waals surface area contributed by atoms with Gasteiger partial charge in [-0.3, -0.25) is 10.1 Å². The third-order valence-electron chi connectivity index (χ3n) is 2.71. The van der Waals surface area contributed by atoms with Crippen LogP contribution in [0.5, 0.6) is 5.75 Å². The molecule has 0 heterocycles. The number of benzene rings is 2. The number of phenolic OH excluding ortho intramolecular Hbond substituents is 1. The van der Waals surface area contributed by atoms with Gasteiger partial charge in [0.15, 0.2) is 5.75 Å². The standard InChI is InChI=1S/C14H13NO3S/c1-2-10-3-5-11(6-4-10)19-12-7-8-14(16)13(9-12)15(17)18/h3-9,16H,2H2,1H3. The molecule has 0 aliphatic heterocycles. The second-order valence-corrected chi connectivity index (χ2v) is 5.15. The lowest BCUT2D eigenvalue weighted by molar-refractivity contribution is -0.386. The van der Waals surface area contributed by atoms with E-state index in [0.29, 0.717) is 0 Å². The Morgan fingerprint density at radius 3 is 2.37 bits per heavy atom. The monoisotopic (exact) mass is 275 g/mol. The molecule has 0 fully saturated rings. The summed E-state index contributed by atoms with van der Waals surface area (Å²) in [6.07, 6.45) is 0.982. The normalized spacial score (nSPS) is 10.4. The van der Waals surface area contributed by atoms with Gasteiger partial charge >= 0.3 is 5.69 Å². The van der Waals surface area contributed by atoms with Gasteiger partial charge in [-0.15, -0.1) is 0 Å². The number of nitro benzene ring substituents is 1. The molecule has 0 amide bonds. The van der Waals surface area contributed by atoms with Crippen LogP contribution in [-0.2, 0) is 6.42 Å². The highest BCUT2D eigenvalue weighted by atomic mass is 32.2. The van der Waals surface area contributed by atoms with Gasteiger partial charge in [0.05, 0.1) is 4.92 Å². The Balaban J connectivity index is 2.22. The first-order valence-corrected chi connectivity index (χ1v) is 6.66. The van der Waals surface area contributed by atoms with E-state index in [4.69, 9.17) is 0 Å². The SMILES string of the molecule is CCc1ccc(Sc2ccc(O)c([N+](=O)[O-])c2)cc1. The smallest absolute Gasteiger partial charge is 0.311 e. The molecule has 4 nitrogen and oxygen atoms in total. The number of phenols is 1. The van der Waals surface area contributed by atoms with Gasteiger partial charge in [-0.2, -0.15) is 0 Å². The maximum absolute atomic E-state index is 10.7. The maximum atomic E-state index is 10.7. The molecule has 1 N–H and O–H groups in total. The molecule has 2 rings (SSSR count). The molecule has 0 aliphatic rings. The lowest BCUT2D eigenvalue weighted by Crippen LogP contribution is -1.88. The van der Waals surface area contributed by atoms with Crippen LogP contribution >= 0.6 is 11.8 Å². The second kappa shape index (κ2) is 5.75. The molecule has 19 heavy (non-hydrogen) atoms. The molecule has 0 bridgehead atoms. The largest absolute Gasteiger partial charge is 0.502 e. The third-order valence-corrected chi connectivity index (χ3v) is 3.71. The molecule has 0 radical (unpaired) electrons. The van der Waals surface area contributed by atoms with E-state index >= 15 is 0 Å². The summed E-state index contributed by atoms with van der Waals surface area (Å²) in [4.78, 5) is 11.9. The van der Waals surface area contributed by atoms with Crippen LogP contribution in [0.25, 0.3) is 0 Å². The summed E-state index contributed by atoms with van der Waals surface area (Å²) >= 11 is 1.43. The van der Waals surface area contributed by atoms with Crippen molar-refractivity contribution in [3.05, 3.63) is 58.1 Å². The number of nitrogens with zero attached hydrogens (tertiary/aromatic N) is 1. The molecule has 0 saturated carbocycles. The van der Waals surface area contributed by atoms with Gasteiger partial charge in [0.1, 0.15) is 0 Å². The van der Waals surface area contributed by atoms with E-state index in [1.165, 1.54) is 29.5 Å². The fourth-order valence-electron chi connectivity index (χ4n) is 1.64. The fraction of sp³-hybridized carbons (Fsp3) is 0.143. The highest BCUT2D eigenvalue weighted by Crippen LogP contribution is 2.34. The van der Waals surface area contributed by atoms with Crippen molar-refractivity contribution in [1.82, 2.24) is 0 Å². The molecule has 0 atom stereocenters. The summed E-state index contributed by atoms with van der Waals surface area (Å²) < 4.78 is 0. The summed E-state index contributed by atoms with van der Waals surface area (Å²) in [5, 5.41) is 20.1. The molecule has 0 aliphatic carbocycles. The van der Waals surface area contributed by atoms with E-state index < -0.39 is 4.92 Å². The number of aromatic hydroxyl groups is 1. The first-order valence-electron chi connectivity index (χ1n) is 5.84. The predicted octanol–water partition coefficient (Wildman–Crippen LogP) is 4.01. The minimum absolute atomic E-state index is 0.268. The quantitative estimate of drug-likeness (QED) is 0.676. The highest BCUT2D eigenvalue weighted by Gasteiger charge is 2.13. The average molecular weight is 275 g/mol. The summed E-state index contributed by atoms with van der Waals surface area (Å²) in [6.45, 7) is 2.09. The van der Waals surface area contributed by atoms with Gasteiger partial charge < -0.3 is 5.11 Å². The third kappa shape index (κ3) is 3.26. The lowest BCUT2D eigenvalue weighted by Gasteiger charge is -2.04. The van der Waals surface area contributed by atoms with Crippen molar-refractivity contribution >= 4 is 17.4 Å². The van der Waals surface area contributed by atoms with Crippen molar-refractivity contribution < 1.29 is 10.0 Å². The maximum Gasteiger partial charge on any atom is 0.311 e. The van der Waals surface area contributed by atoms with Gasteiger partial charge in [-0.1, -0.05) is 30.8 Å². The second-order valence-electron chi connectivity index (χ2n) is 4.01. The van der Waals surface area contributed by atoms with E-state index in [1.807, 2.05) is 24.3 Å². The van der Waals surface area contributed by atoms with Gasteiger partial charge in [-0.25, -0.2) is 0 Å². The summed E-state index contributed by atoms with van der Waals surface area (Å²) in [6, 6.07) is 12.5. The Hall–Kier alpha value is -2.01. The highest BCUT2D eigenvalue weighted by molar-refractivity contribution is 7.99. The van der Waals surface area contributed by atoms with Crippen LogP contribution in [0, 0.1) is 10.1 Å². The van der Waals surface area contributed by atoms with Gasteiger partial charge in [-0.05, 0) is 36.2 Å². The van der Waals surface area contributed by atoms with Crippen LogP contribution < -0.4 is 0 Å². The number of hydrogen-bond donors (Lipinski definition) is 1. The van der Waals surface area contributed by atoms with Crippen molar-refractivity contribution in [3.63, 3.8) is 0 Å². The Morgan fingerprint density at radius 2 is 1.79 bits per heavy atom. The van der Waals surface area contributed by atoms with Crippen LogP contribution in [-0.4, -0.2) is 10.0 Å². The summed E-state index contributed by atoms with van der Waals surface area (Å²) in [7, 11) is 0. The van der Waals surface area contributed by atoms with E-state index in [-0.39, 0.29) is 11.4 Å². The molecule has 0 spiro atoms. The first-order chi connectivity index (χ1) is 9.10. The average Bonchev–Trinajstić information content (AvgIpc) is 2.41. The number of hydrogen-bond acceptors (Lipinski definition) is 4. The molecule has 0 aromatic heterocycles. The van der Waals surface area contributed by atoms with Crippen molar-refractivity contribution in [1.29, 1.82) is 0 Å². The fourth-order valence-corrected chi connectivity index (χ4v) is 2.49. The summed E-state index contributed by atoms with van der Waals surface area (Å²) in [5.41, 5.74) is 0.983. The van der Waals surface area contributed by atoms with Crippen LogP contribution in [0.4, 0.5) is 5.69 Å². The number of aryl methyl sites for hydroxylation is 1. The zero-order valence-electron chi connectivity index (χ0n) is 10.4. The van der Waals surface area contributed by atoms with Crippen LogP contribution in [0.1, 0.15) is 12.5 Å². The number of nitro groups is 1. The Kier molecular flexibility index (Phi) is 4.06. The van der Waals surface area contributed by atoms with Crippen LogP contribution in [0.15, 0.2) is 52.3 Å². The minimum Gasteiger partial charge on any atom is -0.502 e. The topological polar surface area (TPSA) is 63.4 Å². The number of rotatable bonds is 4. The lowest BCUT2D eigenvalue weighted by atomic mass is 10.2.